The molecule has 0 radical (unpaired) electrons. The van der Waals surface area contributed by atoms with Gasteiger partial charge in [0.25, 0.3) is 0 Å². The molecule has 3 heterocycles. The normalized spacial score (nSPS) is 13.0. The van der Waals surface area contributed by atoms with Gasteiger partial charge in [0, 0.05) is 34.3 Å². The van der Waals surface area contributed by atoms with Crippen molar-refractivity contribution in [1.29, 1.82) is 0 Å². The van der Waals surface area contributed by atoms with Gasteiger partial charge in [-0.2, -0.15) is 0 Å². The Kier molecular flexibility index (Phi) is 12.9. The molecule has 4 heteroatoms. The zero-order valence-electron chi connectivity index (χ0n) is 26.3. The average molecular weight is 559 g/mol. The zero-order valence-corrected chi connectivity index (χ0v) is 26.3. The summed E-state index contributed by atoms with van der Waals surface area (Å²) in [5.41, 5.74) is 9.15. The molecule has 0 atom stereocenters. The van der Waals surface area contributed by atoms with E-state index in [2.05, 4.69) is 72.7 Å². The Balaban J connectivity index is 0.000000640. The van der Waals surface area contributed by atoms with Crippen LogP contribution in [0.15, 0.2) is 104 Å². The quantitative estimate of drug-likeness (QED) is 0.234. The van der Waals surface area contributed by atoms with Crippen molar-refractivity contribution in [1.82, 2.24) is 19.5 Å². The number of aryl methyl sites for hydroxylation is 2. The van der Waals surface area contributed by atoms with E-state index < -0.39 is 0 Å². The van der Waals surface area contributed by atoms with Crippen molar-refractivity contribution in [2.75, 3.05) is 0 Å². The van der Waals surface area contributed by atoms with Gasteiger partial charge in [0.15, 0.2) is 5.82 Å². The molecule has 0 bridgehead atoms. The molecule has 0 saturated heterocycles. The highest BCUT2D eigenvalue weighted by Gasteiger charge is 2.18. The summed E-state index contributed by atoms with van der Waals surface area (Å²) in [6, 6.07) is 19.0. The lowest BCUT2D eigenvalue weighted by atomic mass is 9.98. The Hall–Kier alpha value is -4.31. The molecule has 218 valence electrons. The third-order valence-electron chi connectivity index (χ3n) is 6.84. The Labute approximate surface area is 253 Å². The maximum atomic E-state index is 4.98. The molecule has 1 aromatic carbocycles. The monoisotopic (exact) mass is 558 g/mol. The Bertz CT molecular complexity index is 1500. The smallest absolute Gasteiger partial charge is 0.156 e. The van der Waals surface area contributed by atoms with E-state index in [4.69, 9.17) is 15.0 Å². The highest BCUT2D eigenvalue weighted by atomic mass is 15.1. The molecule has 6 rings (SSSR count). The maximum Gasteiger partial charge on any atom is 0.156 e. The largest absolute Gasteiger partial charge is 0.303 e. The standard InChI is InChI=1S/C31H28N4.C3H6.2C2H6/c1-22-19-25-15-9-10-16-29(25)35(22)30-18-17-26(21-32-30)28-20-27(23-11-7-4-8-12-23)33-31(34-28)24-13-5-2-3-6-14-24;1-3-2;2*1-2/h2-8,11-13,17-21H,9-10,14-16H2,1H3;3H,1H2,2H3;2*1-2H3. The summed E-state index contributed by atoms with van der Waals surface area (Å²) in [4.78, 5) is 14.8. The first kappa shape index (κ1) is 32.2. The van der Waals surface area contributed by atoms with Crippen molar-refractivity contribution < 1.29 is 0 Å². The van der Waals surface area contributed by atoms with E-state index in [0.717, 1.165) is 52.6 Å². The van der Waals surface area contributed by atoms with Crippen molar-refractivity contribution in [3.63, 3.8) is 0 Å². The van der Waals surface area contributed by atoms with Gasteiger partial charge < -0.3 is 4.57 Å². The van der Waals surface area contributed by atoms with Gasteiger partial charge in [-0.15, -0.1) is 6.58 Å². The average Bonchev–Trinajstić information content (AvgIpc) is 3.19. The van der Waals surface area contributed by atoms with Crippen LogP contribution >= 0.6 is 0 Å². The number of pyridine rings is 1. The molecule has 2 aliphatic rings. The molecule has 42 heavy (non-hydrogen) atoms. The summed E-state index contributed by atoms with van der Waals surface area (Å²) >= 11 is 0. The lowest BCUT2D eigenvalue weighted by molar-refractivity contribution is 0.659. The summed E-state index contributed by atoms with van der Waals surface area (Å²) in [5, 5.41) is 0. The van der Waals surface area contributed by atoms with Gasteiger partial charge in [-0.1, -0.05) is 94.5 Å². The van der Waals surface area contributed by atoms with Gasteiger partial charge in [0.1, 0.15) is 5.82 Å². The first-order chi connectivity index (χ1) is 20.7. The van der Waals surface area contributed by atoms with Crippen LogP contribution in [0, 0.1) is 6.92 Å². The van der Waals surface area contributed by atoms with Crippen LogP contribution in [0.5, 0.6) is 0 Å². The van der Waals surface area contributed by atoms with Crippen molar-refractivity contribution in [2.45, 2.75) is 73.6 Å². The Morgan fingerprint density at radius 1 is 0.810 bits per heavy atom. The molecule has 0 aliphatic heterocycles. The third kappa shape index (κ3) is 7.91. The second-order valence-corrected chi connectivity index (χ2v) is 9.65. The van der Waals surface area contributed by atoms with Crippen LogP contribution in [-0.4, -0.2) is 19.5 Å². The van der Waals surface area contributed by atoms with Gasteiger partial charge in [-0.3, -0.25) is 0 Å². The first-order valence-corrected chi connectivity index (χ1v) is 15.4. The van der Waals surface area contributed by atoms with E-state index in [0.29, 0.717) is 0 Å². The number of fused-ring (bicyclic) bond motifs is 1. The lowest BCUT2D eigenvalue weighted by Gasteiger charge is -2.16. The van der Waals surface area contributed by atoms with Gasteiger partial charge in [-0.25, -0.2) is 15.0 Å². The second kappa shape index (κ2) is 16.8. The SMILES string of the molecule is C=CC.CC.CC.Cc1cc2c(n1-c1ccc(-c3cc(-c4ccccc4)nc(C4=CC=CC=CC4)n3)cn1)CCCC2. The van der Waals surface area contributed by atoms with E-state index in [1.807, 2.05) is 71.2 Å². The minimum atomic E-state index is 0.761. The van der Waals surface area contributed by atoms with E-state index in [9.17, 15) is 0 Å². The summed E-state index contributed by atoms with van der Waals surface area (Å²) in [6.07, 6.45) is 19.7. The van der Waals surface area contributed by atoms with Crippen LogP contribution in [0.2, 0.25) is 0 Å². The van der Waals surface area contributed by atoms with Crippen LogP contribution in [0.3, 0.4) is 0 Å². The molecular formula is C38H46N4. The van der Waals surface area contributed by atoms with E-state index >= 15 is 0 Å². The fourth-order valence-corrected chi connectivity index (χ4v) is 5.08. The fourth-order valence-electron chi connectivity index (χ4n) is 5.08. The number of allylic oxidation sites excluding steroid dienone is 7. The molecule has 0 N–H and O–H groups in total. The molecule has 3 aromatic heterocycles. The molecular weight excluding hydrogens is 512 g/mol. The summed E-state index contributed by atoms with van der Waals surface area (Å²) in [6.45, 7) is 15.4. The van der Waals surface area contributed by atoms with Crippen LogP contribution in [-0.2, 0) is 12.8 Å². The van der Waals surface area contributed by atoms with Crippen LogP contribution in [0.25, 0.3) is 33.9 Å². The fraction of sp³-hybridized carbons (Fsp3) is 0.289. The number of nitrogens with zero attached hydrogens (tertiary/aromatic N) is 4. The molecule has 0 spiro atoms. The number of hydrogen-bond acceptors (Lipinski definition) is 3. The summed E-state index contributed by atoms with van der Waals surface area (Å²) < 4.78 is 2.33. The van der Waals surface area contributed by atoms with E-state index in [-0.39, 0.29) is 0 Å². The van der Waals surface area contributed by atoms with Crippen LogP contribution in [0.4, 0.5) is 0 Å². The van der Waals surface area contributed by atoms with Crippen molar-refractivity contribution in [3.05, 3.63) is 127 Å². The molecule has 4 nitrogen and oxygen atoms in total. The van der Waals surface area contributed by atoms with E-state index in [1.165, 1.54) is 36.2 Å². The van der Waals surface area contributed by atoms with Gasteiger partial charge >= 0.3 is 0 Å². The number of aromatic nitrogens is 4. The highest BCUT2D eigenvalue weighted by Crippen LogP contribution is 2.30. The van der Waals surface area contributed by atoms with Gasteiger partial charge in [0.2, 0.25) is 0 Å². The summed E-state index contributed by atoms with van der Waals surface area (Å²) in [5.74, 6) is 1.74. The van der Waals surface area contributed by atoms with Gasteiger partial charge in [0.05, 0.1) is 11.4 Å². The predicted octanol–water partition coefficient (Wildman–Crippen LogP) is 10.3. The predicted molar refractivity (Wildman–Crippen MR) is 181 cm³/mol. The molecule has 2 aliphatic carbocycles. The topological polar surface area (TPSA) is 43.6 Å². The highest BCUT2D eigenvalue weighted by molar-refractivity contribution is 5.72. The van der Waals surface area contributed by atoms with Crippen molar-refractivity contribution >= 4 is 5.57 Å². The van der Waals surface area contributed by atoms with Crippen molar-refractivity contribution in [2.24, 2.45) is 0 Å². The maximum absolute atomic E-state index is 4.98. The van der Waals surface area contributed by atoms with E-state index in [1.54, 1.807) is 6.08 Å². The third-order valence-corrected chi connectivity index (χ3v) is 6.84. The van der Waals surface area contributed by atoms with Crippen molar-refractivity contribution in [3.8, 4) is 28.3 Å². The first-order valence-electron chi connectivity index (χ1n) is 15.4. The molecule has 0 saturated carbocycles. The van der Waals surface area contributed by atoms with Crippen LogP contribution in [0.1, 0.15) is 76.7 Å². The molecule has 0 amide bonds. The van der Waals surface area contributed by atoms with Crippen LogP contribution < -0.4 is 0 Å². The lowest BCUT2D eigenvalue weighted by Crippen LogP contribution is -2.09. The Morgan fingerprint density at radius 3 is 2.19 bits per heavy atom. The minimum Gasteiger partial charge on any atom is -0.303 e. The Morgan fingerprint density at radius 2 is 1.50 bits per heavy atom. The number of hydrogen-bond donors (Lipinski definition) is 0. The minimum absolute atomic E-state index is 0.761. The number of benzene rings is 1. The molecule has 0 unspecified atom stereocenters. The number of rotatable bonds is 4. The molecule has 0 fully saturated rings. The molecule has 4 aromatic rings. The zero-order chi connectivity index (χ0) is 30.3. The van der Waals surface area contributed by atoms with Gasteiger partial charge in [-0.05, 0) is 75.8 Å². The second-order valence-electron chi connectivity index (χ2n) is 9.65. The summed E-state index contributed by atoms with van der Waals surface area (Å²) in [7, 11) is 0.